The molecule has 124 valence electrons. The molecule has 1 aliphatic rings. The van der Waals surface area contributed by atoms with E-state index < -0.39 is 0 Å². The molecule has 0 unspecified atom stereocenters. The fourth-order valence-electron chi connectivity index (χ4n) is 3.26. The summed E-state index contributed by atoms with van der Waals surface area (Å²) in [5, 5.41) is 0.577. The van der Waals surface area contributed by atoms with Gasteiger partial charge in [0.15, 0.2) is 5.43 Å². The second-order valence-electron chi connectivity index (χ2n) is 6.38. The molecule has 0 spiro atoms. The first kappa shape index (κ1) is 16.1. The highest BCUT2D eigenvalue weighted by Crippen LogP contribution is 2.19. The van der Waals surface area contributed by atoms with E-state index >= 15 is 0 Å². The first-order chi connectivity index (χ1) is 11.2. The Kier molecular flexibility index (Phi) is 5.34. The number of nitrogens with zero attached hydrogens (tertiary/aromatic N) is 1. The Labute approximate surface area is 137 Å². The normalized spacial score (nSPS) is 18.6. The van der Waals surface area contributed by atoms with E-state index in [2.05, 4.69) is 11.8 Å². The highest BCUT2D eigenvalue weighted by atomic mass is 16.5. The van der Waals surface area contributed by atoms with Crippen LogP contribution in [0.3, 0.4) is 0 Å². The molecule has 4 nitrogen and oxygen atoms in total. The first-order valence-corrected chi connectivity index (χ1v) is 8.62. The van der Waals surface area contributed by atoms with Gasteiger partial charge in [0.2, 0.25) is 0 Å². The maximum absolute atomic E-state index is 11.8. The van der Waals surface area contributed by atoms with Crippen molar-refractivity contribution in [2.45, 2.75) is 45.1 Å². The number of hydrogen-bond donors (Lipinski definition) is 0. The SMILES string of the molecule is C[C@@H]1CCCN1CCCCCOc1ccc2occc(=O)c2c1. The molecule has 3 rings (SSSR count). The molecule has 0 aliphatic carbocycles. The largest absolute Gasteiger partial charge is 0.494 e. The third-order valence-corrected chi connectivity index (χ3v) is 4.68. The standard InChI is InChI=1S/C19H25NO3/c1-15-6-5-11-20(15)10-3-2-4-12-22-16-7-8-19-17(14-16)18(21)9-13-23-19/h7-9,13-15H,2-6,10-12H2,1H3/t15-/m1/s1. The van der Waals surface area contributed by atoms with Crippen LogP contribution in [0.25, 0.3) is 11.0 Å². The molecule has 0 amide bonds. The van der Waals surface area contributed by atoms with Crippen molar-refractivity contribution < 1.29 is 9.15 Å². The van der Waals surface area contributed by atoms with Gasteiger partial charge in [-0.1, -0.05) is 0 Å². The number of likely N-dealkylation sites (tertiary alicyclic amines) is 1. The van der Waals surface area contributed by atoms with Crippen LogP contribution in [0.5, 0.6) is 5.75 Å². The number of unbranched alkanes of at least 4 members (excludes halogenated alkanes) is 2. The Bertz CT molecular complexity index is 694. The zero-order valence-corrected chi connectivity index (χ0v) is 13.8. The van der Waals surface area contributed by atoms with E-state index in [9.17, 15) is 4.79 Å². The Hall–Kier alpha value is -1.81. The second-order valence-corrected chi connectivity index (χ2v) is 6.38. The summed E-state index contributed by atoms with van der Waals surface area (Å²) >= 11 is 0. The molecule has 2 aromatic rings. The molecule has 0 saturated carbocycles. The summed E-state index contributed by atoms with van der Waals surface area (Å²) in [6.45, 7) is 5.49. The molecule has 1 aliphatic heterocycles. The van der Waals surface area contributed by atoms with Gasteiger partial charge >= 0.3 is 0 Å². The van der Waals surface area contributed by atoms with Crippen LogP contribution in [0.4, 0.5) is 0 Å². The molecule has 1 aromatic carbocycles. The highest BCUT2D eigenvalue weighted by Gasteiger charge is 2.18. The van der Waals surface area contributed by atoms with E-state index in [1.807, 2.05) is 6.07 Å². The third kappa shape index (κ3) is 4.14. The molecule has 23 heavy (non-hydrogen) atoms. The number of benzene rings is 1. The monoisotopic (exact) mass is 315 g/mol. The number of hydrogen-bond acceptors (Lipinski definition) is 4. The fraction of sp³-hybridized carbons (Fsp3) is 0.526. The summed E-state index contributed by atoms with van der Waals surface area (Å²) in [5.41, 5.74) is 0.570. The van der Waals surface area contributed by atoms with Crippen LogP contribution in [0, 0.1) is 0 Å². The van der Waals surface area contributed by atoms with E-state index in [1.165, 1.54) is 51.1 Å². The van der Waals surface area contributed by atoms with E-state index in [4.69, 9.17) is 9.15 Å². The fourth-order valence-corrected chi connectivity index (χ4v) is 3.26. The van der Waals surface area contributed by atoms with Gasteiger partial charge in [0.05, 0.1) is 18.3 Å². The molecule has 0 N–H and O–H groups in total. The van der Waals surface area contributed by atoms with Crippen molar-refractivity contribution in [3.8, 4) is 5.75 Å². The minimum absolute atomic E-state index is 0.0311. The average molecular weight is 315 g/mol. The second kappa shape index (κ2) is 7.64. The van der Waals surface area contributed by atoms with Crippen LogP contribution < -0.4 is 10.2 Å². The molecular weight excluding hydrogens is 290 g/mol. The summed E-state index contributed by atoms with van der Waals surface area (Å²) in [4.78, 5) is 14.4. The van der Waals surface area contributed by atoms with Crippen molar-refractivity contribution in [2.75, 3.05) is 19.7 Å². The van der Waals surface area contributed by atoms with Gasteiger partial charge in [0.25, 0.3) is 0 Å². The van der Waals surface area contributed by atoms with Crippen molar-refractivity contribution in [1.82, 2.24) is 4.90 Å². The van der Waals surface area contributed by atoms with Gasteiger partial charge in [-0.2, -0.15) is 0 Å². The van der Waals surface area contributed by atoms with Crippen molar-refractivity contribution in [3.63, 3.8) is 0 Å². The molecule has 1 saturated heterocycles. The number of fused-ring (bicyclic) bond motifs is 1. The lowest BCUT2D eigenvalue weighted by molar-refractivity contribution is 0.254. The highest BCUT2D eigenvalue weighted by molar-refractivity contribution is 5.77. The van der Waals surface area contributed by atoms with Gasteiger partial charge in [-0.15, -0.1) is 0 Å². The molecule has 2 heterocycles. The van der Waals surface area contributed by atoms with E-state index in [0.29, 0.717) is 17.6 Å². The van der Waals surface area contributed by atoms with Gasteiger partial charge in [-0.05, 0) is 70.3 Å². The molecule has 0 radical (unpaired) electrons. The summed E-state index contributed by atoms with van der Waals surface area (Å²) in [6, 6.07) is 7.62. The van der Waals surface area contributed by atoms with E-state index in [-0.39, 0.29) is 5.43 Å². The molecule has 1 aromatic heterocycles. The number of rotatable bonds is 7. The zero-order valence-electron chi connectivity index (χ0n) is 13.8. The van der Waals surface area contributed by atoms with Crippen LogP contribution in [0.1, 0.15) is 39.0 Å². The lowest BCUT2D eigenvalue weighted by Gasteiger charge is -2.20. The molecule has 1 fully saturated rings. The van der Waals surface area contributed by atoms with Crippen LogP contribution in [-0.4, -0.2) is 30.6 Å². The summed E-state index contributed by atoms with van der Waals surface area (Å²) in [5.74, 6) is 0.740. The predicted octanol–water partition coefficient (Wildman–Crippen LogP) is 3.83. The Morgan fingerprint density at radius 1 is 1.26 bits per heavy atom. The quantitative estimate of drug-likeness (QED) is 0.728. The van der Waals surface area contributed by atoms with Crippen LogP contribution in [0.15, 0.2) is 39.7 Å². The third-order valence-electron chi connectivity index (χ3n) is 4.68. The van der Waals surface area contributed by atoms with Crippen LogP contribution in [-0.2, 0) is 0 Å². The topological polar surface area (TPSA) is 42.7 Å². The lowest BCUT2D eigenvalue weighted by Crippen LogP contribution is -2.27. The van der Waals surface area contributed by atoms with Crippen molar-refractivity contribution in [2.24, 2.45) is 0 Å². The maximum Gasteiger partial charge on any atom is 0.192 e. The molecule has 4 heteroatoms. The van der Waals surface area contributed by atoms with Crippen molar-refractivity contribution in [3.05, 3.63) is 40.8 Å². The van der Waals surface area contributed by atoms with Gasteiger partial charge in [0.1, 0.15) is 11.3 Å². The van der Waals surface area contributed by atoms with Gasteiger partial charge in [0, 0.05) is 12.1 Å². The summed E-state index contributed by atoms with van der Waals surface area (Å²) in [6.07, 6.45) is 7.57. The van der Waals surface area contributed by atoms with E-state index in [1.54, 1.807) is 12.1 Å². The molecule has 0 bridgehead atoms. The summed E-state index contributed by atoms with van der Waals surface area (Å²) < 4.78 is 11.1. The minimum Gasteiger partial charge on any atom is -0.494 e. The van der Waals surface area contributed by atoms with Crippen LogP contribution in [0.2, 0.25) is 0 Å². The van der Waals surface area contributed by atoms with Gasteiger partial charge in [-0.3, -0.25) is 4.79 Å². The lowest BCUT2D eigenvalue weighted by atomic mass is 10.2. The van der Waals surface area contributed by atoms with Crippen molar-refractivity contribution in [1.29, 1.82) is 0 Å². The zero-order chi connectivity index (χ0) is 16.1. The maximum atomic E-state index is 11.8. The average Bonchev–Trinajstić information content (AvgIpc) is 2.96. The molecule has 1 atom stereocenters. The predicted molar refractivity (Wildman–Crippen MR) is 92.1 cm³/mol. The molecular formula is C19H25NO3. The Morgan fingerprint density at radius 2 is 2.17 bits per heavy atom. The minimum atomic E-state index is -0.0311. The Morgan fingerprint density at radius 3 is 3.00 bits per heavy atom. The first-order valence-electron chi connectivity index (χ1n) is 8.62. The number of ether oxygens (including phenoxy) is 1. The van der Waals surface area contributed by atoms with Gasteiger partial charge in [-0.25, -0.2) is 0 Å². The van der Waals surface area contributed by atoms with E-state index in [0.717, 1.165) is 18.2 Å². The smallest absolute Gasteiger partial charge is 0.192 e. The van der Waals surface area contributed by atoms with Gasteiger partial charge < -0.3 is 14.1 Å². The van der Waals surface area contributed by atoms with Crippen LogP contribution >= 0.6 is 0 Å². The summed E-state index contributed by atoms with van der Waals surface area (Å²) in [7, 11) is 0. The Balaban J connectivity index is 1.40. The van der Waals surface area contributed by atoms with Crippen molar-refractivity contribution >= 4 is 11.0 Å².